The quantitative estimate of drug-likeness (QED) is 0.391. The smallest absolute Gasteiger partial charge is 0.416 e. The Balaban J connectivity index is 2.06. The van der Waals surface area contributed by atoms with Gasteiger partial charge in [0.25, 0.3) is 0 Å². The highest BCUT2D eigenvalue weighted by molar-refractivity contribution is 6.32. The van der Waals surface area contributed by atoms with E-state index >= 15 is 0 Å². The fourth-order valence-corrected chi connectivity index (χ4v) is 2.27. The molecule has 12 heteroatoms. The minimum absolute atomic E-state index is 0.0305. The highest BCUT2D eigenvalue weighted by Crippen LogP contribution is 2.40. The van der Waals surface area contributed by atoms with Crippen molar-refractivity contribution in [2.45, 2.75) is 6.18 Å². The average molecular weight is 376 g/mol. The number of fused-ring (bicyclic) bond motifs is 1. The molecule has 3 rings (SSSR count). The molecule has 0 aliphatic carbocycles. The van der Waals surface area contributed by atoms with Crippen LogP contribution >= 0.6 is 11.6 Å². The molecule has 0 N–H and O–H groups in total. The van der Waals surface area contributed by atoms with Crippen LogP contribution in [0.4, 0.5) is 18.9 Å². The van der Waals surface area contributed by atoms with Gasteiger partial charge >= 0.3 is 17.4 Å². The Hall–Kier alpha value is -3.08. The van der Waals surface area contributed by atoms with Gasteiger partial charge in [0.15, 0.2) is 0 Å². The van der Waals surface area contributed by atoms with Crippen LogP contribution in [0.1, 0.15) is 5.56 Å². The van der Waals surface area contributed by atoms with Crippen LogP contribution in [0.3, 0.4) is 0 Å². The lowest BCUT2D eigenvalue weighted by molar-refractivity contribution is -0.782. The largest absolute Gasteiger partial charge is 0.448 e. The zero-order valence-electron chi connectivity index (χ0n) is 11.8. The number of hydrogen-bond acceptors (Lipinski definition) is 6. The maximum atomic E-state index is 12.6. The molecule has 3 aromatic rings. The van der Waals surface area contributed by atoms with E-state index in [0.29, 0.717) is 12.1 Å². The molecule has 8 nitrogen and oxygen atoms in total. The van der Waals surface area contributed by atoms with Crippen molar-refractivity contribution in [2.24, 2.45) is 0 Å². The standard InChI is InChI=1S/C13H5ClF3N3O5/c14-7-5-6(13(15,16)17)1-3-9(7)24-10-4-2-8-11(12(10)19(21)22)18-25-20(8)23/h1-5H. The van der Waals surface area contributed by atoms with Crippen LogP contribution < -0.4 is 9.64 Å². The van der Waals surface area contributed by atoms with Gasteiger partial charge in [0.1, 0.15) is 5.75 Å². The van der Waals surface area contributed by atoms with Gasteiger partial charge in [-0.25, -0.2) is 0 Å². The second-order valence-corrected chi connectivity index (χ2v) is 5.12. The van der Waals surface area contributed by atoms with E-state index in [9.17, 15) is 28.5 Å². The lowest BCUT2D eigenvalue weighted by Crippen LogP contribution is -2.22. The first-order valence-electron chi connectivity index (χ1n) is 6.40. The summed E-state index contributed by atoms with van der Waals surface area (Å²) in [6.07, 6.45) is -4.60. The first kappa shape index (κ1) is 16.8. The van der Waals surface area contributed by atoms with Crippen LogP contribution in [0, 0.1) is 15.3 Å². The summed E-state index contributed by atoms with van der Waals surface area (Å²) in [5.74, 6) is -0.608. The number of hydrogen-bond donors (Lipinski definition) is 0. The van der Waals surface area contributed by atoms with Crippen molar-refractivity contribution in [3.05, 3.63) is 56.2 Å². The number of benzene rings is 2. The van der Waals surface area contributed by atoms with E-state index in [1.165, 1.54) is 0 Å². The molecular weight excluding hydrogens is 371 g/mol. The van der Waals surface area contributed by atoms with E-state index in [-0.39, 0.29) is 27.4 Å². The lowest BCUT2D eigenvalue weighted by Gasteiger charge is -2.10. The predicted octanol–water partition coefficient (Wildman–Crippen LogP) is 3.83. The van der Waals surface area contributed by atoms with Crippen molar-refractivity contribution in [2.75, 3.05) is 0 Å². The van der Waals surface area contributed by atoms with Crippen LogP contribution in [-0.4, -0.2) is 10.1 Å². The van der Waals surface area contributed by atoms with Crippen LogP contribution in [0.5, 0.6) is 11.5 Å². The molecule has 0 bridgehead atoms. The van der Waals surface area contributed by atoms with Crippen molar-refractivity contribution >= 4 is 28.3 Å². The number of rotatable bonds is 3. The van der Waals surface area contributed by atoms with Gasteiger partial charge in [-0.1, -0.05) is 11.6 Å². The fourth-order valence-electron chi connectivity index (χ4n) is 2.05. The average Bonchev–Trinajstić information content (AvgIpc) is 2.89. The third-order valence-corrected chi connectivity index (χ3v) is 3.45. The van der Waals surface area contributed by atoms with Crippen molar-refractivity contribution in [3.63, 3.8) is 0 Å². The van der Waals surface area contributed by atoms with Crippen molar-refractivity contribution < 1.29 is 32.4 Å². The highest BCUT2D eigenvalue weighted by atomic mass is 35.5. The topological polar surface area (TPSA) is 105 Å². The molecule has 0 atom stereocenters. The molecule has 0 aliphatic heterocycles. The van der Waals surface area contributed by atoms with Crippen molar-refractivity contribution in [1.82, 2.24) is 5.16 Å². The minimum Gasteiger partial charge on any atom is -0.448 e. The van der Waals surface area contributed by atoms with Gasteiger partial charge in [0.2, 0.25) is 11.3 Å². The Labute approximate surface area is 140 Å². The van der Waals surface area contributed by atoms with Crippen LogP contribution in [0.2, 0.25) is 5.02 Å². The summed E-state index contributed by atoms with van der Waals surface area (Å²) in [6.45, 7) is 0. The summed E-state index contributed by atoms with van der Waals surface area (Å²) in [4.78, 5) is 10.4. The molecule has 0 spiro atoms. The van der Waals surface area contributed by atoms with Gasteiger partial charge in [-0.15, -0.1) is 0 Å². The monoisotopic (exact) mass is 375 g/mol. The van der Waals surface area contributed by atoms with Gasteiger partial charge < -0.3 is 9.94 Å². The fraction of sp³-hybridized carbons (Fsp3) is 0.0769. The maximum absolute atomic E-state index is 12.6. The van der Waals surface area contributed by atoms with E-state index < -0.39 is 27.4 Å². The Kier molecular flexibility index (Phi) is 3.87. The molecule has 0 amide bonds. The summed E-state index contributed by atoms with van der Waals surface area (Å²) in [5.41, 5.74) is -2.27. The summed E-state index contributed by atoms with van der Waals surface area (Å²) in [5, 5.41) is 25.4. The number of alkyl halides is 3. The molecular formula is C13H5ClF3N3O5. The van der Waals surface area contributed by atoms with Crippen LogP contribution in [0.25, 0.3) is 11.0 Å². The molecule has 130 valence electrons. The summed E-state index contributed by atoms with van der Waals surface area (Å²) < 4.78 is 47.4. The third kappa shape index (κ3) is 3.01. The zero-order valence-corrected chi connectivity index (χ0v) is 12.5. The van der Waals surface area contributed by atoms with Crippen LogP contribution in [0.15, 0.2) is 35.0 Å². The molecule has 0 saturated heterocycles. The second kappa shape index (κ2) is 5.77. The van der Waals surface area contributed by atoms with E-state index in [0.717, 1.165) is 18.2 Å². The molecule has 0 unspecified atom stereocenters. The lowest BCUT2D eigenvalue weighted by atomic mass is 10.2. The molecule has 0 radical (unpaired) electrons. The number of halogens is 4. The Morgan fingerprint density at radius 2 is 1.92 bits per heavy atom. The van der Waals surface area contributed by atoms with Gasteiger partial charge in [-0.3, -0.25) is 14.7 Å². The molecule has 1 aromatic heterocycles. The van der Waals surface area contributed by atoms with Crippen molar-refractivity contribution in [3.8, 4) is 11.5 Å². The van der Waals surface area contributed by atoms with Gasteiger partial charge in [-0.2, -0.15) is 13.2 Å². The summed E-state index contributed by atoms with van der Waals surface area (Å²) >= 11 is 5.76. The summed E-state index contributed by atoms with van der Waals surface area (Å²) in [6, 6.07) is 4.51. The van der Waals surface area contributed by atoms with E-state index in [1.54, 1.807) is 0 Å². The van der Waals surface area contributed by atoms with Crippen LogP contribution in [-0.2, 0) is 6.18 Å². The first-order chi connectivity index (χ1) is 11.7. The molecule has 2 aromatic carbocycles. The molecule has 1 heterocycles. The molecule has 0 aliphatic rings. The van der Waals surface area contributed by atoms with Gasteiger partial charge in [0, 0.05) is 0 Å². The third-order valence-electron chi connectivity index (χ3n) is 3.16. The predicted molar refractivity (Wildman–Crippen MR) is 76.2 cm³/mol. The Morgan fingerprint density at radius 3 is 2.52 bits per heavy atom. The van der Waals surface area contributed by atoms with Gasteiger partial charge in [-0.05, 0) is 35.2 Å². The Morgan fingerprint density at radius 1 is 1.24 bits per heavy atom. The number of aromatic nitrogens is 2. The number of nitro benzene ring substituents is 1. The number of nitrogens with zero attached hydrogens (tertiary/aromatic N) is 3. The molecule has 0 saturated carbocycles. The maximum Gasteiger partial charge on any atom is 0.416 e. The SMILES string of the molecule is O=[N+]([O-])c1c(Oc2ccc(C(F)(F)F)cc2Cl)ccc2c1no[n+]2[O-]. The number of ether oxygens (including phenoxy) is 1. The number of nitro groups is 1. The van der Waals surface area contributed by atoms with E-state index in [2.05, 4.69) is 9.79 Å². The van der Waals surface area contributed by atoms with E-state index in [4.69, 9.17) is 16.3 Å². The highest BCUT2D eigenvalue weighted by Gasteiger charge is 2.32. The second-order valence-electron chi connectivity index (χ2n) is 4.71. The molecule has 25 heavy (non-hydrogen) atoms. The van der Waals surface area contributed by atoms with Crippen molar-refractivity contribution in [1.29, 1.82) is 0 Å². The van der Waals surface area contributed by atoms with E-state index in [1.807, 2.05) is 0 Å². The first-order valence-corrected chi connectivity index (χ1v) is 6.77. The normalized spacial score (nSPS) is 11.7. The summed E-state index contributed by atoms with van der Waals surface area (Å²) in [7, 11) is 0. The Bertz CT molecular complexity index is 989. The van der Waals surface area contributed by atoms with Gasteiger partial charge in [0.05, 0.1) is 20.7 Å². The minimum atomic E-state index is -4.60. The zero-order chi connectivity index (χ0) is 18.4. The molecule has 0 fully saturated rings.